The van der Waals surface area contributed by atoms with Crippen LogP contribution >= 0.6 is 0 Å². The third kappa shape index (κ3) is 3.59. The van der Waals surface area contributed by atoms with Gasteiger partial charge in [0.1, 0.15) is 0 Å². The summed E-state index contributed by atoms with van der Waals surface area (Å²) in [6, 6.07) is 15.1. The Kier molecular flexibility index (Phi) is 5.03. The molecule has 3 N–H and O–H groups in total. The molecule has 0 radical (unpaired) electrons. The number of aromatic amines is 1. The van der Waals surface area contributed by atoms with Crippen molar-refractivity contribution in [3.63, 3.8) is 0 Å². The van der Waals surface area contributed by atoms with Gasteiger partial charge in [-0.1, -0.05) is 43.3 Å². The smallest absolute Gasteiger partial charge is 0.271 e. The Labute approximate surface area is 168 Å². The molecule has 2 heterocycles. The lowest BCUT2D eigenvalue weighted by atomic mass is 10.1. The van der Waals surface area contributed by atoms with Gasteiger partial charge in [-0.25, -0.2) is 0 Å². The van der Waals surface area contributed by atoms with Crippen LogP contribution < -0.4 is 15.8 Å². The summed E-state index contributed by atoms with van der Waals surface area (Å²) in [6.07, 6.45) is 2.53. The van der Waals surface area contributed by atoms with Crippen molar-refractivity contribution in [2.24, 2.45) is 5.92 Å². The van der Waals surface area contributed by atoms with E-state index in [4.69, 9.17) is 0 Å². The minimum Gasteiger partial charge on any atom is -0.360 e. The number of nitrogens with one attached hydrogen (secondary N) is 3. The van der Waals surface area contributed by atoms with Gasteiger partial charge >= 0.3 is 0 Å². The van der Waals surface area contributed by atoms with E-state index in [1.54, 1.807) is 11.1 Å². The zero-order valence-electron chi connectivity index (χ0n) is 16.1. The van der Waals surface area contributed by atoms with Crippen molar-refractivity contribution in [2.75, 3.05) is 11.4 Å². The summed E-state index contributed by atoms with van der Waals surface area (Å²) in [4.78, 5) is 42.2. The van der Waals surface area contributed by atoms with Gasteiger partial charge in [-0.3, -0.25) is 25.2 Å². The maximum absolute atomic E-state index is 12.5. The number of aryl methyl sites for hydroxylation is 1. The summed E-state index contributed by atoms with van der Waals surface area (Å²) in [6.45, 7) is 2.33. The average Bonchev–Trinajstić information content (AvgIpc) is 3.35. The van der Waals surface area contributed by atoms with Gasteiger partial charge in [0.25, 0.3) is 5.91 Å². The van der Waals surface area contributed by atoms with Crippen LogP contribution in [0, 0.1) is 5.92 Å². The van der Waals surface area contributed by atoms with Crippen molar-refractivity contribution in [1.82, 2.24) is 15.8 Å². The molecule has 148 valence electrons. The number of H-pyrrole nitrogens is 1. The van der Waals surface area contributed by atoms with Gasteiger partial charge in [0.2, 0.25) is 11.8 Å². The number of carbonyl (C=O) groups is 3. The number of hydrazine groups is 1. The highest BCUT2D eigenvalue weighted by molar-refractivity contribution is 6.07. The molecule has 0 aliphatic carbocycles. The van der Waals surface area contributed by atoms with Crippen molar-refractivity contribution in [2.45, 2.75) is 19.8 Å². The molecule has 7 heteroatoms. The average molecular weight is 390 g/mol. The molecule has 2 aromatic carbocycles. The molecule has 29 heavy (non-hydrogen) atoms. The number of rotatable bonds is 4. The van der Waals surface area contributed by atoms with E-state index in [1.807, 2.05) is 55.5 Å². The summed E-state index contributed by atoms with van der Waals surface area (Å²) in [7, 11) is 0. The van der Waals surface area contributed by atoms with Gasteiger partial charge in [0.15, 0.2) is 0 Å². The second kappa shape index (κ2) is 7.79. The molecule has 0 saturated carbocycles. The first-order chi connectivity index (χ1) is 14.1. The third-order valence-electron chi connectivity index (χ3n) is 5.29. The number of hydrogen-bond acceptors (Lipinski definition) is 3. The molecule has 7 nitrogen and oxygen atoms in total. The zero-order valence-corrected chi connectivity index (χ0v) is 16.1. The highest BCUT2D eigenvalue weighted by Gasteiger charge is 2.36. The normalized spacial score (nSPS) is 16.2. The molecule has 1 unspecified atom stereocenters. The summed E-state index contributed by atoms with van der Waals surface area (Å²) >= 11 is 0. The second-order valence-corrected chi connectivity index (χ2v) is 7.08. The second-order valence-electron chi connectivity index (χ2n) is 7.08. The molecule has 0 spiro atoms. The monoisotopic (exact) mass is 390 g/mol. The van der Waals surface area contributed by atoms with E-state index in [1.165, 1.54) is 0 Å². The van der Waals surface area contributed by atoms with E-state index in [-0.39, 0.29) is 18.2 Å². The molecular weight excluding hydrogens is 368 g/mol. The molecule has 0 bridgehead atoms. The Hall–Kier alpha value is -3.61. The quantitative estimate of drug-likeness (QED) is 0.598. The summed E-state index contributed by atoms with van der Waals surface area (Å²) < 4.78 is 0. The van der Waals surface area contributed by atoms with Crippen molar-refractivity contribution in [3.8, 4) is 0 Å². The van der Waals surface area contributed by atoms with Crippen LogP contribution in [0.3, 0.4) is 0 Å². The van der Waals surface area contributed by atoms with E-state index in [0.29, 0.717) is 12.1 Å². The SMILES string of the molecule is CCc1ccccc1N1CC(C(=O)NNC(=O)c2c[nH]c3ccccc23)CC1=O. The van der Waals surface area contributed by atoms with E-state index in [9.17, 15) is 14.4 Å². The lowest BCUT2D eigenvalue weighted by molar-refractivity contribution is -0.126. The number of benzene rings is 2. The van der Waals surface area contributed by atoms with Crippen LogP contribution in [-0.2, 0) is 16.0 Å². The summed E-state index contributed by atoms with van der Waals surface area (Å²) in [5.41, 5.74) is 8.12. The first kappa shape index (κ1) is 18.7. The van der Waals surface area contributed by atoms with E-state index >= 15 is 0 Å². The van der Waals surface area contributed by atoms with Gasteiger partial charge in [-0.2, -0.15) is 0 Å². The fourth-order valence-electron chi connectivity index (χ4n) is 3.74. The number of hydrogen-bond donors (Lipinski definition) is 3. The molecule has 3 amide bonds. The van der Waals surface area contributed by atoms with Crippen LogP contribution in [0.1, 0.15) is 29.3 Å². The van der Waals surface area contributed by atoms with Crippen LogP contribution in [0.2, 0.25) is 0 Å². The van der Waals surface area contributed by atoms with Crippen LogP contribution in [0.25, 0.3) is 10.9 Å². The Morgan fingerprint density at radius 3 is 2.69 bits per heavy atom. The minimum atomic E-state index is -0.518. The number of para-hydroxylation sites is 2. The highest BCUT2D eigenvalue weighted by Crippen LogP contribution is 2.28. The molecule has 1 atom stereocenters. The van der Waals surface area contributed by atoms with E-state index in [2.05, 4.69) is 15.8 Å². The van der Waals surface area contributed by atoms with Gasteiger partial charge in [0.05, 0.1) is 11.5 Å². The van der Waals surface area contributed by atoms with Gasteiger partial charge in [-0.05, 0) is 24.1 Å². The lowest BCUT2D eigenvalue weighted by Gasteiger charge is -2.20. The van der Waals surface area contributed by atoms with Gasteiger partial charge < -0.3 is 9.88 Å². The maximum atomic E-state index is 12.5. The lowest BCUT2D eigenvalue weighted by Crippen LogP contribution is -2.45. The minimum absolute atomic E-state index is 0.0889. The largest absolute Gasteiger partial charge is 0.360 e. The number of aromatic nitrogens is 1. The fraction of sp³-hybridized carbons (Fsp3) is 0.227. The molecule has 1 aliphatic rings. The van der Waals surface area contributed by atoms with Crippen LogP contribution in [0.5, 0.6) is 0 Å². The molecule has 4 rings (SSSR count). The standard InChI is InChI=1S/C22H22N4O3/c1-2-14-7-3-6-10-19(14)26-13-15(11-20(26)27)21(28)24-25-22(29)17-12-23-18-9-5-4-8-16(17)18/h3-10,12,15,23H,2,11,13H2,1H3,(H,24,28)(H,25,29). The first-order valence-electron chi connectivity index (χ1n) is 9.63. The summed E-state index contributed by atoms with van der Waals surface area (Å²) in [5.74, 6) is -1.39. The predicted octanol–water partition coefficient (Wildman–Crippen LogP) is 2.54. The molecule has 1 aromatic heterocycles. The van der Waals surface area contributed by atoms with E-state index in [0.717, 1.165) is 28.6 Å². The molecule has 3 aromatic rings. The fourth-order valence-corrected chi connectivity index (χ4v) is 3.74. The Morgan fingerprint density at radius 1 is 1.10 bits per heavy atom. The highest BCUT2D eigenvalue weighted by atomic mass is 16.2. The van der Waals surface area contributed by atoms with E-state index < -0.39 is 11.8 Å². The zero-order chi connectivity index (χ0) is 20.4. The van der Waals surface area contributed by atoms with Crippen molar-refractivity contribution in [3.05, 3.63) is 65.9 Å². The topological polar surface area (TPSA) is 94.3 Å². The number of carbonyl (C=O) groups excluding carboxylic acids is 3. The van der Waals surface area contributed by atoms with Crippen molar-refractivity contribution >= 4 is 34.3 Å². The van der Waals surface area contributed by atoms with Crippen molar-refractivity contribution < 1.29 is 14.4 Å². The van der Waals surface area contributed by atoms with Crippen LogP contribution in [0.15, 0.2) is 54.7 Å². The Balaban J connectivity index is 1.40. The molecular formula is C22H22N4O3. The van der Waals surface area contributed by atoms with Crippen LogP contribution in [-0.4, -0.2) is 29.3 Å². The molecule has 1 fully saturated rings. The first-order valence-corrected chi connectivity index (χ1v) is 9.63. The Morgan fingerprint density at radius 2 is 1.86 bits per heavy atom. The number of nitrogens with zero attached hydrogens (tertiary/aromatic N) is 1. The maximum Gasteiger partial charge on any atom is 0.271 e. The number of amides is 3. The Bertz CT molecular complexity index is 1090. The van der Waals surface area contributed by atoms with Gasteiger partial charge in [0, 0.05) is 35.8 Å². The number of fused-ring (bicyclic) bond motifs is 1. The van der Waals surface area contributed by atoms with Crippen molar-refractivity contribution in [1.29, 1.82) is 0 Å². The number of anilines is 1. The summed E-state index contributed by atoms with van der Waals surface area (Å²) in [5, 5.41) is 0.776. The van der Waals surface area contributed by atoms with Crippen LogP contribution in [0.4, 0.5) is 5.69 Å². The van der Waals surface area contributed by atoms with Gasteiger partial charge in [-0.15, -0.1) is 0 Å². The molecule has 1 saturated heterocycles. The molecule has 1 aliphatic heterocycles. The predicted molar refractivity (Wildman–Crippen MR) is 110 cm³/mol. The third-order valence-corrected chi connectivity index (χ3v) is 5.29.